The lowest BCUT2D eigenvalue weighted by Crippen LogP contribution is -2.28. The van der Waals surface area contributed by atoms with Crippen molar-refractivity contribution in [1.29, 1.82) is 0 Å². The number of benzene rings is 1. The molecule has 1 aromatic carbocycles. The lowest BCUT2D eigenvalue weighted by atomic mass is 9.80. The smallest absolute Gasteiger partial charge is 0.120 e. The zero-order chi connectivity index (χ0) is 13.4. The molecular weight excluding hydrogens is 234 g/mol. The third-order valence-electron chi connectivity index (χ3n) is 5.09. The molecule has 0 amide bonds. The second kappa shape index (κ2) is 5.16. The van der Waals surface area contributed by atoms with Gasteiger partial charge < -0.3 is 10.5 Å². The van der Waals surface area contributed by atoms with Crippen LogP contribution in [0.5, 0.6) is 5.75 Å². The Hall–Kier alpha value is -1.02. The Morgan fingerprint density at radius 1 is 1.11 bits per heavy atom. The van der Waals surface area contributed by atoms with Crippen LogP contribution in [0.15, 0.2) is 18.2 Å². The molecule has 19 heavy (non-hydrogen) atoms. The van der Waals surface area contributed by atoms with Crippen LogP contribution in [0.3, 0.4) is 0 Å². The molecule has 2 aliphatic carbocycles. The first-order chi connectivity index (χ1) is 9.13. The molecule has 4 atom stereocenters. The highest BCUT2D eigenvalue weighted by Crippen LogP contribution is 2.35. The number of hydrogen-bond acceptors (Lipinski definition) is 2. The van der Waals surface area contributed by atoms with Gasteiger partial charge in [0.1, 0.15) is 5.75 Å². The number of hydrogen-bond donors (Lipinski definition) is 1. The maximum Gasteiger partial charge on any atom is 0.120 e. The Bertz CT molecular complexity index is 457. The topological polar surface area (TPSA) is 35.2 Å². The third-order valence-corrected chi connectivity index (χ3v) is 5.09. The molecule has 0 saturated heterocycles. The Kier molecular flexibility index (Phi) is 3.53. The maximum absolute atomic E-state index is 6.19. The van der Waals surface area contributed by atoms with E-state index in [4.69, 9.17) is 10.5 Å². The summed E-state index contributed by atoms with van der Waals surface area (Å²) in [6.45, 7) is 4.71. The zero-order valence-corrected chi connectivity index (χ0v) is 12.1. The second-order valence-corrected chi connectivity index (χ2v) is 6.51. The fourth-order valence-electron chi connectivity index (χ4n) is 3.50. The minimum absolute atomic E-state index is 0.236. The van der Waals surface area contributed by atoms with Crippen molar-refractivity contribution in [3.63, 3.8) is 0 Å². The highest BCUT2D eigenvalue weighted by Gasteiger charge is 2.26. The Morgan fingerprint density at radius 2 is 1.95 bits per heavy atom. The third kappa shape index (κ3) is 2.64. The first-order valence-corrected chi connectivity index (χ1v) is 7.68. The van der Waals surface area contributed by atoms with Crippen molar-refractivity contribution in [2.75, 3.05) is 0 Å². The summed E-state index contributed by atoms with van der Waals surface area (Å²) >= 11 is 0. The minimum Gasteiger partial charge on any atom is -0.490 e. The van der Waals surface area contributed by atoms with Crippen LogP contribution in [0.25, 0.3) is 0 Å². The van der Waals surface area contributed by atoms with Gasteiger partial charge in [0.05, 0.1) is 6.10 Å². The molecule has 1 aromatic rings. The van der Waals surface area contributed by atoms with E-state index in [1.807, 2.05) is 0 Å². The molecule has 3 unspecified atom stereocenters. The molecule has 0 aromatic heterocycles. The van der Waals surface area contributed by atoms with E-state index in [-0.39, 0.29) is 6.04 Å². The second-order valence-electron chi connectivity index (χ2n) is 6.51. The lowest BCUT2D eigenvalue weighted by molar-refractivity contribution is 0.101. The fraction of sp³-hybridized carbons (Fsp3) is 0.647. The van der Waals surface area contributed by atoms with Crippen LogP contribution >= 0.6 is 0 Å². The van der Waals surface area contributed by atoms with E-state index >= 15 is 0 Å². The average Bonchev–Trinajstić information content (AvgIpc) is 2.75. The number of rotatable bonds is 2. The summed E-state index contributed by atoms with van der Waals surface area (Å²) in [5, 5.41) is 0. The summed E-state index contributed by atoms with van der Waals surface area (Å²) in [7, 11) is 0. The van der Waals surface area contributed by atoms with Crippen LogP contribution in [0, 0.1) is 11.8 Å². The van der Waals surface area contributed by atoms with Gasteiger partial charge in [-0.1, -0.05) is 19.9 Å². The van der Waals surface area contributed by atoms with Gasteiger partial charge in [0, 0.05) is 6.04 Å². The molecule has 2 aliphatic rings. The fourth-order valence-corrected chi connectivity index (χ4v) is 3.50. The molecule has 0 radical (unpaired) electrons. The Morgan fingerprint density at radius 3 is 2.74 bits per heavy atom. The Balaban J connectivity index is 1.68. The first-order valence-electron chi connectivity index (χ1n) is 7.68. The quantitative estimate of drug-likeness (QED) is 0.876. The average molecular weight is 259 g/mol. The van der Waals surface area contributed by atoms with E-state index < -0.39 is 0 Å². The normalized spacial score (nSPS) is 34.1. The molecule has 0 heterocycles. The molecule has 0 bridgehead atoms. The van der Waals surface area contributed by atoms with Crippen molar-refractivity contribution >= 4 is 0 Å². The van der Waals surface area contributed by atoms with Crippen LogP contribution in [0.2, 0.25) is 0 Å². The van der Waals surface area contributed by atoms with Gasteiger partial charge in [-0.05, 0) is 67.2 Å². The van der Waals surface area contributed by atoms with Gasteiger partial charge in [-0.2, -0.15) is 0 Å². The summed E-state index contributed by atoms with van der Waals surface area (Å²) < 4.78 is 6.19. The van der Waals surface area contributed by atoms with Gasteiger partial charge >= 0.3 is 0 Å². The highest BCUT2D eigenvalue weighted by molar-refractivity contribution is 5.40. The minimum atomic E-state index is 0.236. The van der Waals surface area contributed by atoms with E-state index in [1.54, 1.807) is 0 Å². The van der Waals surface area contributed by atoms with Crippen molar-refractivity contribution in [2.45, 2.75) is 58.1 Å². The molecule has 2 heteroatoms. The lowest BCUT2D eigenvalue weighted by Gasteiger charge is -2.32. The van der Waals surface area contributed by atoms with Crippen LogP contribution in [0.4, 0.5) is 0 Å². The van der Waals surface area contributed by atoms with Crippen LogP contribution in [-0.4, -0.2) is 6.10 Å². The van der Waals surface area contributed by atoms with E-state index in [0.29, 0.717) is 6.10 Å². The molecular formula is C17H25NO. The summed E-state index contributed by atoms with van der Waals surface area (Å²) in [5.74, 6) is 2.67. The van der Waals surface area contributed by atoms with Gasteiger partial charge in [-0.25, -0.2) is 0 Å². The molecule has 3 rings (SSSR count). The summed E-state index contributed by atoms with van der Waals surface area (Å²) in [4.78, 5) is 0. The molecule has 1 saturated carbocycles. The predicted octanol–water partition coefficient (Wildman–Crippen LogP) is 3.84. The van der Waals surface area contributed by atoms with Crippen molar-refractivity contribution in [2.24, 2.45) is 17.6 Å². The maximum atomic E-state index is 6.19. The summed E-state index contributed by atoms with van der Waals surface area (Å²) in [5.41, 5.74) is 8.78. The number of aryl methyl sites for hydroxylation is 1. The van der Waals surface area contributed by atoms with E-state index in [9.17, 15) is 0 Å². The van der Waals surface area contributed by atoms with Crippen LogP contribution < -0.4 is 10.5 Å². The summed E-state index contributed by atoms with van der Waals surface area (Å²) in [6.07, 6.45) is 6.27. The first kappa shape index (κ1) is 13.0. The van der Waals surface area contributed by atoms with Gasteiger partial charge in [0.2, 0.25) is 0 Å². The zero-order valence-electron chi connectivity index (χ0n) is 12.1. The van der Waals surface area contributed by atoms with Gasteiger partial charge in [-0.15, -0.1) is 0 Å². The van der Waals surface area contributed by atoms with Gasteiger partial charge in [0.15, 0.2) is 0 Å². The molecule has 2 N–H and O–H groups in total. The summed E-state index contributed by atoms with van der Waals surface area (Å²) in [6, 6.07) is 6.72. The van der Waals surface area contributed by atoms with E-state index in [2.05, 4.69) is 32.0 Å². The highest BCUT2D eigenvalue weighted by atomic mass is 16.5. The molecule has 104 valence electrons. The van der Waals surface area contributed by atoms with Crippen molar-refractivity contribution in [3.05, 3.63) is 29.3 Å². The standard InChI is InChI=1S/C17H25NO/c1-11-3-5-14(9-12(11)2)19-15-6-7-16-13(10-15)4-8-17(16)18/h6-7,10-12,14,17H,3-5,8-9,18H2,1-2H3/t11?,12?,14?,17-/m1/s1. The van der Waals surface area contributed by atoms with Crippen LogP contribution in [-0.2, 0) is 6.42 Å². The SMILES string of the molecule is CC1CCC(Oc2ccc3c(c2)CC[C@H]3N)CC1C. The van der Waals surface area contributed by atoms with Crippen molar-refractivity contribution < 1.29 is 4.74 Å². The largest absolute Gasteiger partial charge is 0.490 e. The molecule has 0 aliphatic heterocycles. The van der Waals surface area contributed by atoms with Gasteiger partial charge in [-0.3, -0.25) is 0 Å². The predicted molar refractivity (Wildman–Crippen MR) is 78.3 cm³/mol. The van der Waals surface area contributed by atoms with Crippen molar-refractivity contribution in [1.82, 2.24) is 0 Å². The number of nitrogens with two attached hydrogens (primary N) is 1. The van der Waals surface area contributed by atoms with E-state index in [1.165, 1.54) is 30.4 Å². The van der Waals surface area contributed by atoms with Crippen molar-refractivity contribution in [3.8, 4) is 5.75 Å². The molecule has 0 spiro atoms. The Labute approximate surface area is 116 Å². The monoisotopic (exact) mass is 259 g/mol. The molecule has 1 fully saturated rings. The number of fused-ring (bicyclic) bond motifs is 1. The van der Waals surface area contributed by atoms with Gasteiger partial charge in [0.25, 0.3) is 0 Å². The molecule has 2 nitrogen and oxygen atoms in total. The van der Waals surface area contributed by atoms with E-state index in [0.717, 1.165) is 30.4 Å². The number of ether oxygens (including phenoxy) is 1. The van der Waals surface area contributed by atoms with Crippen LogP contribution in [0.1, 0.15) is 56.7 Å².